The second-order valence-electron chi connectivity index (χ2n) is 3.07. The molecule has 6 heteroatoms. The van der Waals surface area contributed by atoms with Crippen LogP contribution in [0.15, 0.2) is 28.9 Å². The molecule has 2 aromatic rings. The van der Waals surface area contributed by atoms with Crippen molar-refractivity contribution in [1.82, 2.24) is 14.8 Å². The lowest BCUT2D eigenvalue weighted by Gasteiger charge is -2.04. The van der Waals surface area contributed by atoms with Crippen molar-refractivity contribution >= 4 is 21.7 Å². The Kier molecular flexibility index (Phi) is 3.09. The van der Waals surface area contributed by atoms with Crippen LogP contribution in [0.1, 0.15) is 6.92 Å². The first kappa shape index (κ1) is 10.9. The van der Waals surface area contributed by atoms with Gasteiger partial charge in [0.05, 0.1) is 11.1 Å². The number of pyridine rings is 1. The topological polar surface area (TPSA) is 66.0 Å². The van der Waals surface area contributed by atoms with E-state index >= 15 is 0 Å². The van der Waals surface area contributed by atoms with E-state index in [1.165, 1.54) is 0 Å². The Labute approximate surface area is 101 Å². The first-order valence-corrected chi connectivity index (χ1v) is 5.61. The fraction of sp³-hybridized carbons (Fsp3) is 0.200. The van der Waals surface area contributed by atoms with Crippen molar-refractivity contribution < 1.29 is 4.74 Å². The molecule has 0 aliphatic carbocycles. The van der Waals surface area contributed by atoms with Gasteiger partial charge in [-0.2, -0.15) is 4.98 Å². The smallest absolute Gasteiger partial charge is 0.215 e. The van der Waals surface area contributed by atoms with Gasteiger partial charge in [-0.1, -0.05) is 6.07 Å². The minimum Gasteiger partial charge on any atom is -0.478 e. The molecule has 0 aromatic carbocycles. The Hall–Kier alpha value is -1.56. The Morgan fingerprint density at radius 1 is 1.50 bits per heavy atom. The number of ether oxygens (including phenoxy) is 1. The molecule has 2 N–H and O–H groups in total. The van der Waals surface area contributed by atoms with Gasteiger partial charge in [0.1, 0.15) is 0 Å². The maximum atomic E-state index is 5.64. The largest absolute Gasteiger partial charge is 0.478 e. The van der Waals surface area contributed by atoms with Crippen LogP contribution >= 0.6 is 15.9 Å². The van der Waals surface area contributed by atoms with E-state index in [0.29, 0.717) is 24.1 Å². The lowest BCUT2D eigenvalue weighted by atomic mass is 10.4. The summed E-state index contributed by atoms with van der Waals surface area (Å²) in [5.41, 5.74) is 5.64. The van der Waals surface area contributed by atoms with E-state index < -0.39 is 0 Å². The highest BCUT2D eigenvalue weighted by molar-refractivity contribution is 9.10. The molecule has 0 saturated heterocycles. The van der Waals surface area contributed by atoms with Crippen molar-refractivity contribution in [3.8, 4) is 11.7 Å². The molecule has 0 fully saturated rings. The Bertz CT molecular complexity index is 478. The fourth-order valence-corrected chi connectivity index (χ4v) is 1.52. The van der Waals surface area contributed by atoms with E-state index in [4.69, 9.17) is 10.5 Å². The summed E-state index contributed by atoms with van der Waals surface area (Å²) in [6.45, 7) is 2.50. The summed E-state index contributed by atoms with van der Waals surface area (Å²) in [5, 5.41) is 4.11. The average molecular weight is 283 g/mol. The minimum absolute atomic E-state index is 0.434. The van der Waals surface area contributed by atoms with Crippen LogP contribution in [0.2, 0.25) is 0 Å². The number of anilines is 1. The molecule has 0 aliphatic rings. The summed E-state index contributed by atoms with van der Waals surface area (Å²) in [5.74, 6) is 1.68. The third-order valence-corrected chi connectivity index (χ3v) is 2.54. The van der Waals surface area contributed by atoms with Crippen LogP contribution in [0.5, 0.6) is 5.88 Å². The Morgan fingerprint density at radius 3 is 2.94 bits per heavy atom. The van der Waals surface area contributed by atoms with E-state index in [1.807, 2.05) is 19.1 Å². The van der Waals surface area contributed by atoms with Crippen LogP contribution in [0, 0.1) is 0 Å². The number of hydrogen-bond donors (Lipinski definition) is 1. The summed E-state index contributed by atoms with van der Waals surface area (Å²) in [6, 6.07) is 5.50. The molecular formula is C10H11BrN4O. The maximum absolute atomic E-state index is 5.64. The van der Waals surface area contributed by atoms with Crippen molar-refractivity contribution in [1.29, 1.82) is 0 Å². The lowest BCUT2D eigenvalue weighted by molar-refractivity contribution is 0.326. The number of nitrogens with zero attached hydrogens (tertiary/aromatic N) is 3. The Morgan fingerprint density at radius 2 is 2.31 bits per heavy atom. The van der Waals surface area contributed by atoms with Gasteiger partial charge < -0.3 is 10.5 Å². The van der Waals surface area contributed by atoms with Crippen LogP contribution < -0.4 is 10.5 Å². The van der Waals surface area contributed by atoms with Crippen LogP contribution in [0.25, 0.3) is 5.82 Å². The standard InChI is InChI=1S/C10H11BrN4O/c1-2-16-9-5-3-4-8(13-9)15-6-7(11)10(12)14-15/h3-6H,2H2,1H3,(H2,12,14). The highest BCUT2D eigenvalue weighted by Crippen LogP contribution is 2.19. The van der Waals surface area contributed by atoms with Crippen molar-refractivity contribution in [2.75, 3.05) is 12.3 Å². The number of nitrogen functional groups attached to an aromatic ring is 1. The van der Waals surface area contributed by atoms with E-state index in [0.717, 1.165) is 4.47 Å². The molecule has 0 unspecified atom stereocenters. The summed E-state index contributed by atoms with van der Waals surface area (Å²) in [7, 11) is 0. The molecule has 0 aliphatic heterocycles. The SMILES string of the molecule is CCOc1cccc(-n2cc(Br)c(N)n2)n1. The summed E-state index contributed by atoms with van der Waals surface area (Å²) in [6.07, 6.45) is 1.76. The number of halogens is 1. The van der Waals surface area contributed by atoms with Gasteiger partial charge in [-0.3, -0.25) is 0 Å². The molecule has 84 valence electrons. The van der Waals surface area contributed by atoms with Gasteiger partial charge in [0.2, 0.25) is 5.88 Å². The number of aromatic nitrogens is 3. The van der Waals surface area contributed by atoms with Crippen molar-refractivity contribution in [2.45, 2.75) is 6.92 Å². The monoisotopic (exact) mass is 282 g/mol. The molecule has 2 aromatic heterocycles. The third kappa shape index (κ3) is 2.16. The quantitative estimate of drug-likeness (QED) is 0.935. The molecule has 0 amide bonds. The molecule has 2 rings (SSSR count). The molecule has 16 heavy (non-hydrogen) atoms. The van der Waals surface area contributed by atoms with Gasteiger partial charge in [-0.05, 0) is 28.9 Å². The zero-order valence-corrected chi connectivity index (χ0v) is 10.3. The van der Waals surface area contributed by atoms with E-state index in [-0.39, 0.29) is 0 Å². The first-order valence-electron chi connectivity index (χ1n) is 4.81. The van der Waals surface area contributed by atoms with Crippen molar-refractivity contribution in [3.05, 3.63) is 28.9 Å². The van der Waals surface area contributed by atoms with E-state index in [1.54, 1.807) is 16.9 Å². The van der Waals surface area contributed by atoms with Crippen molar-refractivity contribution in [3.63, 3.8) is 0 Å². The van der Waals surface area contributed by atoms with Gasteiger partial charge in [-0.25, -0.2) is 4.68 Å². The van der Waals surface area contributed by atoms with Crippen LogP contribution in [0.4, 0.5) is 5.82 Å². The predicted octanol–water partition coefficient (Wildman–Crippen LogP) is 2.01. The summed E-state index contributed by atoms with van der Waals surface area (Å²) >= 11 is 3.30. The van der Waals surface area contributed by atoms with E-state index in [9.17, 15) is 0 Å². The molecule has 0 radical (unpaired) electrons. The molecule has 0 saturated carbocycles. The molecule has 2 heterocycles. The normalized spacial score (nSPS) is 10.4. The Balaban J connectivity index is 2.36. The average Bonchev–Trinajstić information content (AvgIpc) is 2.60. The second-order valence-corrected chi connectivity index (χ2v) is 3.93. The van der Waals surface area contributed by atoms with E-state index in [2.05, 4.69) is 26.0 Å². The summed E-state index contributed by atoms with van der Waals surface area (Å²) in [4.78, 5) is 4.29. The highest BCUT2D eigenvalue weighted by Gasteiger charge is 2.06. The fourth-order valence-electron chi connectivity index (χ4n) is 1.24. The van der Waals surface area contributed by atoms with Crippen LogP contribution in [-0.2, 0) is 0 Å². The molecule has 5 nitrogen and oxygen atoms in total. The molecule has 0 bridgehead atoms. The number of rotatable bonds is 3. The van der Waals surface area contributed by atoms with Crippen molar-refractivity contribution in [2.24, 2.45) is 0 Å². The zero-order valence-electron chi connectivity index (χ0n) is 8.72. The first-order chi connectivity index (χ1) is 7.70. The maximum Gasteiger partial charge on any atom is 0.215 e. The second kappa shape index (κ2) is 4.52. The third-order valence-electron chi connectivity index (χ3n) is 1.93. The number of nitrogens with two attached hydrogens (primary N) is 1. The lowest BCUT2D eigenvalue weighted by Crippen LogP contribution is -2.01. The zero-order chi connectivity index (χ0) is 11.5. The van der Waals surface area contributed by atoms with Gasteiger partial charge in [-0.15, -0.1) is 5.10 Å². The minimum atomic E-state index is 0.434. The van der Waals surface area contributed by atoms with Crippen LogP contribution in [0.3, 0.4) is 0 Å². The van der Waals surface area contributed by atoms with Gasteiger partial charge in [0, 0.05) is 12.3 Å². The molecule has 0 atom stereocenters. The van der Waals surface area contributed by atoms with Gasteiger partial charge in [0.25, 0.3) is 0 Å². The molecular weight excluding hydrogens is 272 g/mol. The molecule has 0 spiro atoms. The highest BCUT2D eigenvalue weighted by atomic mass is 79.9. The van der Waals surface area contributed by atoms with Gasteiger partial charge in [0.15, 0.2) is 11.6 Å². The number of hydrogen-bond acceptors (Lipinski definition) is 4. The van der Waals surface area contributed by atoms with Gasteiger partial charge >= 0.3 is 0 Å². The summed E-state index contributed by atoms with van der Waals surface area (Å²) < 4.78 is 7.66. The van der Waals surface area contributed by atoms with Crippen LogP contribution in [-0.4, -0.2) is 21.4 Å². The predicted molar refractivity (Wildman–Crippen MR) is 64.6 cm³/mol.